The molecular weight excluding hydrogens is 440 g/mol. The fourth-order valence-electron chi connectivity index (χ4n) is 4.21. The van der Waals surface area contributed by atoms with Gasteiger partial charge < -0.3 is 13.6 Å². The Hall–Kier alpha value is -1.54. The van der Waals surface area contributed by atoms with Gasteiger partial charge in [-0.2, -0.15) is 0 Å². The quantitative estimate of drug-likeness (QED) is 0.276. The third-order valence-corrected chi connectivity index (χ3v) is 16.6. The van der Waals surface area contributed by atoms with Crippen molar-refractivity contribution in [3.63, 3.8) is 0 Å². The average molecular weight is 485 g/mol. The summed E-state index contributed by atoms with van der Waals surface area (Å²) in [6, 6.07) is 21.5. The first-order chi connectivity index (χ1) is 15.3. The molecule has 0 aliphatic carbocycles. The summed E-state index contributed by atoms with van der Waals surface area (Å²) in [4.78, 5) is 11.1. The molecule has 1 atom stereocenters. The van der Waals surface area contributed by atoms with Gasteiger partial charge in [0, 0.05) is 19.1 Å². The molecule has 0 fully saturated rings. The third-order valence-electron chi connectivity index (χ3n) is 7.05. The van der Waals surface area contributed by atoms with Crippen LogP contribution in [0, 0.1) is 0 Å². The Labute approximate surface area is 204 Å². The van der Waals surface area contributed by atoms with Crippen LogP contribution >= 0.6 is 0 Å². The van der Waals surface area contributed by atoms with Crippen LogP contribution < -0.4 is 10.4 Å². The van der Waals surface area contributed by atoms with Crippen molar-refractivity contribution >= 4 is 33.3 Å². The molecule has 5 heteroatoms. The van der Waals surface area contributed by atoms with Gasteiger partial charge in [0.15, 0.2) is 8.32 Å². The first-order valence-corrected chi connectivity index (χ1v) is 17.0. The Bertz CT molecular complexity index is 813. The van der Waals surface area contributed by atoms with E-state index in [2.05, 4.69) is 115 Å². The normalized spacial score (nSPS) is 14.2. The molecule has 0 saturated carbocycles. The van der Waals surface area contributed by atoms with Gasteiger partial charge in [-0.1, -0.05) is 102 Å². The number of hydrogen-bond donors (Lipinski definition) is 0. The fourth-order valence-corrected chi connectivity index (χ4v) is 10.2. The predicted octanol–water partition coefficient (Wildman–Crippen LogP) is 6.32. The molecule has 0 aromatic heterocycles. The molecule has 2 aromatic carbocycles. The van der Waals surface area contributed by atoms with E-state index in [1.807, 2.05) is 0 Å². The molecule has 182 valence electrons. The topological polar surface area (TPSA) is 35.5 Å². The van der Waals surface area contributed by atoms with Crippen molar-refractivity contribution in [2.45, 2.75) is 90.1 Å². The third kappa shape index (κ3) is 6.75. The summed E-state index contributed by atoms with van der Waals surface area (Å²) in [5.74, 6) is 0. The van der Waals surface area contributed by atoms with Crippen molar-refractivity contribution in [3.8, 4) is 0 Å². The highest BCUT2D eigenvalue weighted by Gasteiger charge is 2.50. The van der Waals surface area contributed by atoms with E-state index in [4.69, 9.17) is 8.85 Å². The lowest BCUT2D eigenvalue weighted by molar-refractivity contribution is -0.108. The van der Waals surface area contributed by atoms with Crippen molar-refractivity contribution in [1.82, 2.24) is 0 Å². The second-order valence-electron chi connectivity index (χ2n) is 11.5. The van der Waals surface area contributed by atoms with E-state index in [1.165, 1.54) is 10.4 Å². The second kappa shape index (κ2) is 11.3. The van der Waals surface area contributed by atoms with Crippen LogP contribution in [0.3, 0.4) is 0 Å². The van der Waals surface area contributed by atoms with Crippen LogP contribution in [0.25, 0.3) is 0 Å². The van der Waals surface area contributed by atoms with E-state index in [0.29, 0.717) is 13.0 Å². The van der Waals surface area contributed by atoms with Crippen LogP contribution in [-0.2, 0) is 13.6 Å². The Morgan fingerprint density at radius 1 is 0.788 bits per heavy atom. The number of carbonyl (C=O) groups is 1. The Morgan fingerprint density at radius 3 is 1.67 bits per heavy atom. The van der Waals surface area contributed by atoms with Crippen molar-refractivity contribution in [2.75, 3.05) is 6.61 Å². The molecule has 3 nitrogen and oxygen atoms in total. The van der Waals surface area contributed by atoms with Crippen molar-refractivity contribution in [2.24, 2.45) is 0 Å². The standard InChI is InChI=1S/C28H44O3Si2/c1-27(2,3)32(7,8)31-24(16-15-22-29)21-23-30-33(28(4,5)6,25-17-11-9-12-18-25)26-19-13-10-14-20-26/h9-14,17-20,22,24H,15-16,21,23H2,1-8H3. The largest absolute Gasteiger partial charge is 0.414 e. The van der Waals surface area contributed by atoms with Crippen LogP contribution in [0.1, 0.15) is 60.8 Å². The minimum atomic E-state index is -2.56. The summed E-state index contributed by atoms with van der Waals surface area (Å²) < 4.78 is 13.8. The summed E-state index contributed by atoms with van der Waals surface area (Å²) in [6.45, 7) is 18.9. The van der Waals surface area contributed by atoms with Gasteiger partial charge in [0.05, 0.1) is 0 Å². The second-order valence-corrected chi connectivity index (χ2v) is 20.6. The van der Waals surface area contributed by atoms with Gasteiger partial charge >= 0.3 is 0 Å². The summed E-state index contributed by atoms with van der Waals surface area (Å²) in [5.41, 5.74) is 0. The van der Waals surface area contributed by atoms with Gasteiger partial charge in [-0.3, -0.25) is 0 Å². The van der Waals surface area contributed by atoms with Crippen LogP contribution in [0.2, 0.25) is 23.2 Å². The molecule has 2 aromatic rings. The molecule has 0 saturated heterocycles. The minimum Gasteiger partial charge on any atom is -0.414 e. The van der Waals surface area contributed by atoms with Crippen molar-refractivity contribution in [1.29, 1.82) is 0 Å². The molecule has 2 rings (SSSR count). The molecular formula is C28H44O3Si2. The van der Waals surface area contributed by atoms with E-state index in [9.17, 15) is 4.79 Å². The van der Waals surface area contributed by atoms with Gasteiger partial charge in [0.25, 0.3) is 8.32 Å². The van der Waals surface area contributed by atoms with Crippen molar-refractivity contribution < 1.29 is 13.6 Å². The Morgan fingerprint density at radius 2 is 1.27 bits per heavy atom. The maximum atomic E-state index is 11.1. The van der Waals surface area contributed by atoms with E-state index in [-0.39, 0.29) is 16.2 Å². The molecule has 0 aliphatic rings. The van der Waals surface area contributed by atoms with E-state index in [1.54, 1.807) is 0 Å². The highest BCUT2D eigenvalue weighted by molar-refractivity contribution is 6.99. The molecule has 0 heterocycles. The van der Waals surface area contributed by atoms with Crippen LogP contribution in [0.4, 0.5) is 0 Å². The molecule has 0 radical (unpaired) electrons. The lowest BCUT2D eigenvalue weighted by Gasteiger charge is -2.44. The van der Waals surface area contributed by atoms with Gasteiger partial charge in [-0.05, 0) is 46.4 Å². The molecule has 1 unspecified atom stereocenters. The van der Waals surface area contributed by atoms with Crippen LogP contribution in [0.15, 0.2) is 60.7 Å². The monoisotopic (exact) mass is 484 g/mol. The zero-order valence-electron chi connectivity index (χ0n) is 22.0. The van der Waals surface area contributed by atoms with E-state index in [0.717, 1.165) is 19.1 Å². The summed E-state index contributed by atoms with van der Waals surface area (Å²) in [6.07, 6.45) is 3.11. The van der Waals surface area contributed by atoms with Gasteiger partial charge in [0.1, 0.15) is 6.29 Å². The Kier molecular flexibility index (Phi) is 9.45. The first kappa shape index (κ1) is 27.7. The van der Waals surface area contributed by atoms with E-state index < -0.39 is 16.6 Å². The summed E-state index contributed by atoms with van der Waals surface area (Å²) in [7, 11) is -4.49. The number of hydrogen-bond acceptors (Lipinski definition) is 3. The molecule has 0 aliphatic heterocycles. The molecule has 0 amide bonds. The van der Waals surface area contributed by atoms with E-state index >= 15 is 0 Å². The average Bonchev–Trinajstić information content (AvgIpc) is 2.74. The maximum Gasteiger partial charge on any atom is 0.261 e. The number of benzene rings is 2. The van der Waals surface area contributed by atoms with Gasteiger partial charge in [0.2, 0.25) is 0 Å². The van der Waals surface area contributed by atoms with Crippen LogP contribution in [-0.4, -0.2) is 35.6 Å². The maximum absolute atomic E-state index is 11.1. The highest BCUT2D eigenvalue weighted by Crippen LogP contribution is 2.39. The lowest BCUT2D eigenvalue weighted by atomic mass is 10.1. The molecule has 33 heavy (non-hydrogen) atoms. The zero-order chi connectivity index (χ0) is 24.8. The SMILES string of the molecule is CC(C)(C)[Si](C)(C)OC(CCC=O)CCO[Si](c1ccccc1)(c1ccccc1)C(C)(C)C. The molecule has 0 spiro atoms. The summed E-state index contributed by atoms with van der Waals surface area (Å²) in [5, 5.41) is 2.66. The number of carbonyl (C=O) groups excluding carboxylic acids is 1. The fraction of sp³-hybridized carbons (Fsp3) is 0.536. The summed E-state index contributed by atoms with van der Waals surface area (Å²) >= 11 is 0. The first-order valence-electron chi connectivity index (χ1n) is 12.2. The minimum absolute atomic E-state index is 0.0364. The van der Waals surface area contributed by atoms with Crippen molar-refractivity contribution in [3.05, 3.63) is 60.7 Å². The smallest absolute Gasteiger partial charge is 0.261 e. The number of aldehydes is 1. The highest BCUT2D eigenvalue weighted by atomic mass is 28.4. The Balaban J connectivity index is 2.35. The van der Waals surface area contributed by atoms with Crippen LogP contribution in [0.5, 0.6) is 0 Å². The number of rotatable bonds is 11. The zero-order valence-corrected chi connectivity index (χ0v) is 24.0. The molecule has 0 N–H and O–H groups in total. The van der Waals surface area contributed by atoms with Gasteiger partial charge in [-0.25, -0.2) is 0 Å². The van der Waals surface area contributed by atoms with Gasteiger partial charge in [-0.15, -0.1) is 0 Å². The predicted molar refractivity (Wildman–Crippen MR) is 146 cm³/mol. The lowest BCUT2D eigenvalue weighted by Crippen LogP contribution is -2.66. The molecule has 0 bridgehead atoms.